The Morgan fingerprint density at radius 1 is 1.03 bits per heavy atom. The van der Waals surface area contributed by atoms with E-state index in [-0.39, 0.29) is 48.9 Å². The molecule has 0 bridgehead atoms. The molecule has 0 spiro atoms. The summed E-state index contributed by atoms with van der Waals surface area (Å²) in [5.41, 5.74) is -0.111. The normalized spacial score (nSPS) is 18.3. The van der Waals surface area contributed by atoms with Gasteiger partial charge in [0.25, 0.3) is 0 Å². The van der Waals surface area contributed by atoms with Crippen molar-refractivity contribution in [3.63, 3.8) is 0 Å². The van der Waals surface area contributed by atoms with E-state index < -0.39 is 47.2 Å². The molecular weight excluding hydrogens is 480 g/mol. The second-order valence-corrected chi connectivity index (χ2v) is 9.28. The first-order chi connectivity index (χ1) is 17.2. The third kappa shape index (κ3) is 6.41. The number of carbonyl (C=O) groups excluding carboxylic acids is 3. The maximum Gasteiger partial charge on any atom is 0.328 e. The van der Waals surface area contributed by atoms with E-state index in [1.807, 2.05) is 0 Å². The molecule has 0 radical (unpaired) electrons. The third-order valence-electron chi connectivity index (χ3n) is 6.50. The first-order valence-corrected chi connectivity index (χ1v) is 11.8. The van der Waals surface area contributed by atoms with Gasteiger partial charge in [-0.15, -0.1) is 0 Å². The molecule has 1 saturated carbocycles. The topological polar surface area (TPSA) is 75.7 Å². The molecule has 192 valence electrons. The lowest BCUT2D eigenvalue weighted by Crippen LogP contribution is -2.44. The van der Waals surface area contributed by atoms with Crippen LogP contribution in [0.25, 0.3) is 0 Å². The Morgan fingerprint density at radius 2 is 1.78 bits per heavy atom. The zero-order chi connectivity index (χ0) is 25.8. The second kappa shape index (κ2) is 11.1. The minimum atomic E-state index is -1.36. The van der Waals surface area contributed by atoms with Crippen LogP contribution in [0.2, 0.25) is 0 Å². The summed E-state index contributed by atoms with van der Waals surface area (Å²) in [7, 11) is 0. The maximum absolute atomic E-state index is 14.1. The van der Waals surface area contributed by atoms with E-state index in [0.29, 0.717) is 18.9 Å². The Balaban J connectivity index is 1.38. The van der Waals surface area contributed by atoms with Crippen molar-refractivity contribution in [1.29, 1.82) is 0 Å². The van der Waals surface area contributed by atoms with Crippen molar-refractivity contribution in [1.82, 2.24) is 10.2 Å². The van der Waals surface area contributed by atoms with Gasteiger partial charge in [0, 0.05) is 42.6 Å². The second-order valence-electron chi connectivity index (χ2n) is 9.28. The summed E-state index contributed by atoms with van der Waals surface area (Å²) in [6.07, 6.45) is 2.46. The minimum absolute atomic E-state index is 0.105. The van der Waals surface area contributed by atoms with Crippen molar-refractivity contribution in [2.75, 3.05) is 0 Å². The monoisotopic (exact) mass is 506 g/mol. The predicted octanol–water partition coefficient (Wildman–Crippen LogP) is 4.15. The number of nitrogens with zero attached hydrogens (tertiary/aromatic N) is 1. The molecule has 1 heterocycles. The van der Waals surface area contributed by atoms with E-state index in [4.69, 9.17) is 4.74 Å². The van der Waals surface area contributed by atoms with E-state index in [9.17, 15) is 31.9 Å². The highest BCUT2D eigenvalue weighted by atomic mass is 19.2. The fourth-order valence-electron chi connectivity index (χ4n) is 4.36. The van der Waals surface area contributed by atoms with Crippen molar-refractivity contribution in [2.45, 2.75) is 63.8 Å². The highest BCUT2D eigenvalue weighted by molar-refractivity contribution is 5.86. The summed E-state index contributed by atoms with van der Waals surface area (Å²) in [6.45, 7) is -0.656. The lowest BCUT2D eigenvalue weighted by Gasteiger charge is -2.26. The zero-order valence-electron chi connectivity index (χ0n) is 19.4. The molecule has 1 N–H and O–H groups in total. The number of benzene rings is 2. The molecule has 1 aliphatic carbocycles. The minimum Gasteiger partial charge on any atom is -0.459 e. The summed E-state index contributed by atoms with van der Waals surface area (Å²) in [5, 5.41) is 2.66. The Kier molecular flexibility index (Phi) is 7.91. The number of carbonyl (C=O) groups is 3. The molecule has 0 unspecified atom stereocenters. The van der Waals surface area contributed by atoms with Gasteiger partial charge < -0.3 is 15.0 Å². The van der Waals surface area contributed by atoms with Crippen LogP contribution in [0.3, 0.4) is 0 Å². The van der Waals surface area contributed by atoms with Crippen LogP contribution in [0.1, 0.15) is 49.7 Å². The van der Waals surface area contributed by atoms with Crippen LogP contribution in [0.5, 0.6) is 0 Å². The van der Waals surface area contributed by atoms with Gasteiger partial charge in [-0.1, -0.05) is 31.0 Å². The summed E-state index contributed by atoms with van der Waals surface area (Å²) in [6, 6.07) is 5.57. The van der Waals surface area contributed by atoms with Crippen LogP contribution in [0.4, 0.5) is 17.6 Å². The van der Waals surface area contributed by atoms with Crippen molar-refractivity contribution in [2.24, 2.45) is 5.92 Å². The van der Waals surface area contributed by atoms with Gasteiger partial charge in [0.2, 0.25) is 11.8 Å². The Morgan fingerprint density at radius 3 is 2.50 bits per heavy atom. The highest BCUT2D eigenvalue weighted by Gasteiger charge is 2.36. The van der Waals surface area contributed by atoms with Crippen molar-refractivity contribution in [3.05, 3.63) is 70.8 Å². The van der Waals surface area contributed by atoms with Gasteiger partial charge >= 0.3 is 5.97 Å². The average Bonchev–Trinajstić information content (AvgIpc) is 3.59. The third-order valence-corrected chi connectivity index (χ3v) is 6.50. The molecular formula is C26H26F4N2O4. The number of nitrogens with one attached hydrogen (secondary N) is 1. The SMILES string of the molecule is O=C(C[C@@H]1CCC(=O)N1Cc1cc(F)cc(F)c1F)N[C@@H](CC1CC1)C(=O)OCc1ccccc1F. The first-order valence-electron chi connectivity index (χ1n) is 11.8. The van der Waals surface area contributed by atoms with Gasteiger partial charge in [-0.3, -0.25) is 9.59 Å². The van der Waals surface area contributed by atoms with E-state index in [1.165, 1.54) is 23.1 Å². The lowest BCUT2D eigenvalue weighted by molar-refractivity contribution is -0.149. The number of ether oxygens (including phenoxy) is 1. The predicted molar refractivity (Wildman–Crippen MR) is 120 cm³/mol. The van der Waals surface area contributed by atoms with E-state index in [1.54, 1.807) is 6.07 Å². The van der Waals surface area contributed by atoms with Crippen LogP contribution in [0.15, 0.2) is 36.4 Å². The number of hydrogen-bond acceptors (Lipinski definition) is 4. The summed E-state index contributed by atoms with van der Waals surface area (Å²) in [5.74, 6) is -5.38. The molecule has 4 rings (SSSR count). The van der Waals surface area contributed by atoms with Gasteiger partial charge in [0.1, 0.15) is 24.3 Å². The van der Waals surface area contributed by atoms with Crippen molar-refractivity contribution < 1.29 is 36.7 Å². The molecule has 10 heteroatoms. The number of amides is 2. The van der Waals surface area contributed by atoms with Gasteiger partial charge in [0.05, 0.1) is 0 Å². The van der Waals surface area contributed by atoms with E-state index >= 15 is 0 Å². The van der Waals surface area contributed by atoms with Gasteiger partial charge in [-0.05, 0) is 30.9 Å². The molecule has 0 aromatic heterocycles. The van der Waals surface area contributed by atoms with E-state index in [2.05, 4.69) is 5.32 Å². The zero-order valence-corrected chi connectivity index (χ0v) is 19.4. The largest absolute Gasteiger partial charge is 0.459 e. The van der Waals surface area contributed by atoms with Crippen LogP contribution >= 0.6 is 0 Å². The van der Waals surface area contributed by atoms with Crippen LogP contribution < -0.4 is 5.32 Å². The molecule has 6 nitrogen and oxygen atoms in total. The molecule has 1 aliphatic heterocycles. The van der Waals surface area contributed by atoms with Crippen LogP contribution in [0, 0.1) is 29.2 Å². The molecule has 2 fully saturated rings. The highest BCUT2D eigenvalue weighted by Crippen LogP contribution is 2.34. The number of hydrogen-bond donors (Lipinski definition) is 1. The Bertz CT molecular complexity index is 1150. The molecule has 2 aromatic carbocycles. The van der Waals surface area contributed by atoms with Crippen LogP contribution in [-0.2, 0) is 32.3 Å². The smallest absolute Gasteiger partial charge is 0.328 e. The molecule has 36 heavy (non-hydrogen) atoms. The Hall–Kier alpha value is -3.43. The number of likely N-dealkylation sites (tertiary alicyclic amines) is 1. The summed E-state index contributed by atoms with van der Waals surface area (Å²) < 4.78 is 60.4. The number of halogens is 4. The van der Waals surface area contributed by atoms with Crippen molar-refractivity contribution >= 4 is 17.8 Å². The van der Waals surface area contributed by atoms with Crippen molar-refractivity contribution in [3.8, 4) is 0 Å². The fraction of sp³-hybridized carbons (Fsp3) is 0.423. The lowest BCUT2D eigenvalue weighted by atomic mass is 10.1. The number of esters is 1. The average molecular weight is 506 g/mol. The molecule has 2 amide bonds. The fourth-order valence-corrected chi connectivity index (χ4v) is 4.36. The van der Waals surface area contributed by atoms with Crippen LogP contribution in [-0.4, -0.2) is 34.8 Å². The standard InChI is InChI=1S/C26H26F4N2O4/c27-18-10-17(25(30)21(29)11-18)13-32-19(7-8-24(32)34)12-23(33)31-22(9-15-5-6-15)26(35)36-14-16-3-1-2-4-20(16)28/h1-4,10-11,15,19,22H,5-9,12-14H2,(H,31,33)/t19-,22-/m0/s1. The van der Waals surface area contributed by atoms with Gasteiger partial charge in [0.15, 0.2) is 11.6 Å². The Labute approximate surface area is 205 Å². The first kappa shape index (κ1) is 25.7. The summed E-state index contributed by atoms with van der Waals surface area (Å²) >= 11 is 0. The van der Waals surface area contributed by atoms with E-state index in [0.717, 1.165) is 18.9 Å². The molecule has 1 saturated heterocycles. The number of rotatable bonds is 10. The quantitative estimate of drug-likeness (QED) is 0.299. The molecule has 2 aromatic rings. The molecule has 2 aliphatic rings. The molecule has 2 atom stereocenters. The van der Waals surface area contributed by atoms with Gasteiger partial charge in [-0.2, -0.15) is 0 Å². The maximum atomic E-state index is 14.1. The summed E-state index contributed by atoms with van der Waals surface area (Å²) in [4.78, 5) is 39.1. The van der Waals surface area contributed by atoms with Gasteiger partial charge in [-0.25, -0.2) is 22.4 Å².